The summed E-state index contributed by atoms with van der Waals surface area (Å²) in [7, 11) is 1.82. The molecule has 1 fully saturated rings. The van der Waals surface area contributed by atoms with Gasteiger partial charge in [-0.25, -0.2) is 0 Å². The fraction of sp³-hybridized carbons (Fsp3) is 1.00. The fourth-order valence-electron chi connectivity index (χ4n) is 1.97. The number of rotatable bonds is 5. The van der Waals surface area contributed by atoms with Gasteiger partial charge in [-0.1, -0.05) is 13.8 Å². The lowest BCUT2D eigenvalue weighted by molar-refractivity contribution is 0.0277. The minimum absolute atomic E-state index is 0.278. The maximum absolute atomic E-state index is 5.73. The van der Waals surface area contributed by atoms with Gasteiger partial charge >= 0.3 is 0 Å². The average Bonchev–Trinajstić information content (AvgIpc) is 2.27. The van der Waals surface area contributed by atoms with Crippen molar-refractivity contribution in [3.63, 3.8) is 0 Å². The van der Waals surface area contributed by atoms with Gasteiger partial charge in [0, 0.05) is 13.7 Å². The first-order valence-corrected chi connectivity index (χ1v) is 6.02. The molecule has 90 valence electrons. The molecule has 0 amide bonds. The molecule has 1 aliphatic heterocycles. The number of likely N-dealkylation sites (tertiary alicyclic amines) is 1. The van der Waals surface area contributed by atoms with Crippen LogP contribution in [-0.4, -0.2) is 44.3 Å². The first kappa shape index (κ1) is 12.9. The fourth-order valence-corrected chi connectivity index (χ4v) is 1.97. The molecule has 0 spiro atoms. The van der Waals surface area contributed by atoms with Crippen LogP contribution >= 0.6 is 0 Å². The van der Waals surface area contributed by atoms with Gasteiger partial charge in [0.2, 0.25) is 0 Å². The van der Waals surface area contributed by atoms with E-state index in [9.17, 15) is 0 Å². The van der Waals surface area contributed by atoms with Crippen LogP contribution in [-0.2, 0) is 4.74 Å². The first-order chi connectivity index (χ1) is 7.07. The van der Waals surface area contributed by atoms with Gasteiger partial charge in [-0.2, -0.15) is 0 Å². The highest BCUT2D eigenvalue weighted by Gasteiger charge is 2.22. The summed E-state index contributed by atoms with van der Waals surface area (Å²) in [6.45, 7) is 8.73. The van der Waals surface area contributed by atoms with E-state index in [1.165, 1.54) is 25.8 Å². The highest BCUT2D eigenvalue weighted by molar-refractivity contribution is 4.76. The molecule has 0 saturated carbocycles. The molecule has 2 N–H and O–H groups in total. The Hall–Kier alpha value is -0.120. The van der Waals surface area contributed by atoms with E-state index >= 15 is 0 Å². The Balaban J connectivity index is 2.26. The molecule has 1 unspecified atom stereocenters. The van der Waals surface area contributed by atoms with E-state index in [0.29, 0.717) is 6.10 Å². The van der Waals surface area contributed by atoms with Gasteiger partial charge < -0.3 is 15.4 Å². The quantitative estimate of drug-likeness (QED) is 0.753. The molecule has 0 aliphatic carbocycles. The van der Waals surface area contributed by atoms with Crippen LogP contribution < -0.4 is 5.73 Å². The van der Waals surface area contributed by atoms with Gasteiger partial charge in [-0.15, -0.1) is 0 Å². The number of hydrogen-bond acceptors (Lipinski definition) is 3. The number of ether oxygens (including phenoxy) is 1. The topological polar surface area (TPSA) is 38.5 Å². The van der Waals surface area contributed by atoms with Crippen molar-refractivity contribution in [2.24, 2.45) is 11.1 Å². The molecular formula is C12H26N2O. The summed E-state index contributed by atoms with van der Waals surface area (Å²) >= 11 is 0. The van der Waals surface area contributed by atoms with E-state index in [1.54, 1.807) is 0 Å². The third-order valence-electron chi connectivity index (χ3n) is 3.45. The largest absolute Gasteiger partial charge is 0.380 e. The van der Waals surface area contributed by atoms with Gasteiger partial charge in [0.05, 0.1) is 6.10 Å². The van der Waals surface area contributed by atoms with Crippen molar-refractivity contribution in [2.75, 3.05) is 33.3 Å². The Bertz CT molecular complexity index is 182. The van der Waals surface area contributed by atoms with Crippen LogP contribution in [0.4, 0.5) is 0 Å². The number of piperidine rings is 1. The van der Waals surface area contributed by atoms with E-state index in [-0.39, 0.29) is 5.41 Å². The smallest absolute Gasteiger partial charge is 0.0698 e. The molecule has 3 nitrogen and oxygen atoms in total. The van der Waals surface area contributed by atoms with E-state index in [1.807, 2.05) is 7.11 Å². The molecule has 0 radical (unpaired) electrons. The molecule has 15 heavy (non-hydrogen) atoms. The summed E-state index contributed by atoms with van der Waals surface area (Å²) in [6.07, 6.45) is 4.11. The third kappa shape index (κ3) is 4.49. The number of nitrogens with two attached hydrogens (primary N) is 1. The minimum Gasteiger partial charge on any atom is -0.380 e. The lowest BCUT2D eigenvalue weighted by Crippen LogP contribution is -2.41. The third-order valence-corrected chi connectivity index (χ3v) is 3.45. The van der Waals surface area contributed by atoms with Crippen LogP contribution in [0.5, 0.6) is 0 Å². The van der Waals surface area contributed by atoms with Crippen molar-refractivity contribution in [1.29, 1.82) is 0 Å². The van der Waals surface area contributed by atoms with E-state index in [4.69, 9.17) is 10.5 Å². The molecule has 1 atom stereocenters. The Morgan fingerprint density at radius 2 is 2.20 bits per heavy atom. The highest BCUT2D eigenvalue weighted by Crippen LogP contribution is 2.20. The van der Waals surface area contributed by atoms with Gasteiger partial charge in [-0.3, -0.25) is 0 Å². The highest BCUT2D eigenvalue weighted by atomic mass is 16.5. The molecule has 1 rings (SSSR count). The van der Waals surface area contributed by atoms with Crippen molar-refractivity contribution < 1.29 is 4.74 Å². The molecule has 1 aliphatic rings. The molecular weight excluding hydrogens is 188 g/mol. The molecule has 0 aromatic rings. The van der Waals surface area contributed by atoms with Crippen LogP contribution in [0.25, 0.3) is 0 Å². The lowest BCUT2D eigenvalue weighted by atomic mass is 9.89. The van der Waals surface area contributed by atoms with E-state index in [2.05, 4.69) is 18.7 Å². The van der Waals surface area contributed by atoms with Crippen molar-refractivity contribution in [1.82, 2.24) is 4.90 Å². The Labute approximate surface area is 94.0 Å². The summed E-state index contributed by atoms with van der Waals surface area (Å²) < 4.78 is 5.41. The van der Waals surface area contributed by atoms with Crippen molar-refractivity contribution in [3.8, 4) is 0 Å². The predicted octanol–water partition coefficient (Wildman–Crippen LogP) is 1.47. The molecule has 0 aromatic carbocycles. The number of nitrogens with zero attached hydrogens (tertiary/aromatic N) is 1. The van der Waals surface area contributed by atoms with Gasteiger partial charge in [0.25, 0.3) is 0 Å². The zero-order valence-electron chi connectivity index (χ0n) is 10.5. The maximum Gasteiger partial charge on any atom is 0.0698 e. The summed E-state index contributed by atoms with van der Waals surface area (Å²) in [5.74, 6) is 0. The van der Waals surface area contributed by atoms with Crippen LogP contribution in [0.1, 0.15) is 33.1 Å². The standard InChI is InChI=1S/C12H26N2O/c1-12(2,10-13)6-8-14-7-4-5-11(9-14)15-3/h11H,4-10,13H2,1-3H3. The molecule has 0 bridgehead atoms. The van der Waals surface area contributed by atoms with Gasteiger partial charge in [-0.05, 0) is 44.3 Å². The first-order valence-electron chi connectivity index (χ1n) is 6.02. The molecule has 0 aromatic heterocycles. The monoisotopic (exact) mass is 214 g/mol. The lowest BCUT2D eigenvalue weighted by Gasteiger charge is -2.34. The Morgan fingerprint density at radius 3 is 2.80 bits per heavy atom. The summed E-state index contributed by atoms with van der Waals surface area (Å²) in [6, 6.07) is 0. The second-order valence-corrected chi connectivity index (χ2v) is 5.42. The molecule has 1 saturated heterocycles. The summed E-state index contributed by atoms with van der Waals surface area (Å²) in [5.41, 5.74) is 6.01. The second-order valence-electron chi connectivity index (χ2n) is 5.42. The van der Waals surface area contributed by atoms with Crippen LogP contribution in [0, 0.1) is 5.41 Å². The average molecular weight is 214 g/mol. The van der Waals surface area contributed by atoms with Crippen LogP contribution in [0.2, 0.25) is 0 Å². The minimum atomic E-state index is 0.278. The Kier molecular flexibility index (Phi) is 5.03. The van der Waals surface area contributed by atoms with Crippen molar-refractivity contribution in [3.05, 3.63) is 0 Å². The SMILES string of the molecule is COC1CCCN(CCC(C)(C)CN)C1. The van der Waals surface area contributed by atoms with Gasteiger partial charge in [0.1, 0.15) is 0 Å². The van der Waals surface area contributed by atoms with Crippen LogP contribution in [0.3, 0.4) is 0 Å². The number of hydrogen-bond donors (Lipinski definition) is 1. The van der Waals surface area contributed by atoms with Gasteiger partial charge in [0.15, 0.2) is 0 Å². The van der Waals surface area contributed by atoms with Crippen LogP contribution in [0.15, 0.2) is 0 Å². The maximum atomic E-state index is 5.73. The normalized spacial score (nSPS) is 24.4. The number of methoxy groups -OCH3 is 1. The Morgan fingerprint density at radius 1 is 1.47 bits per heavy atom. The van der Waals surface area contributed by atoms with Crippen molar-refractivity contribution >= 4 is 0 Å². The zero-order chi connectivity index (χ0) is 11.3. The molecule has 3 heteroatoms. The zero-order valence-corrected chi connectivity index (χ0v) is 10.5. The predicted molar refractivity (Wildman–Crippen MR) is 63.9 cm³/mol. The summed E-state index contributed by atoms with van der Waals surface area (Å²) in [5, 5.41) is 0. The second kappa shape index (κ2) is 5.83. The molecule has 1 heterocycles. The van der Waals surface area contributed by atoms with Crippen molar-refractivity contribution in [2.45, 2.75) is 39.2 Å². The summed E-state index contributed by atoms with van der Waals surface area (Å²) in [4.78, 5) is 2.51. The van der Waals surface area contributed by atoms with E-state index in [0.717, 1.165) is 19.6 Å². The van der Waals surface area contributed by atoms with E-state index < -0.39 is 0 Å².